The molecule has 1 aliphatic heterocycles. The van der Waals surface area contributed by atoms with Gasteiger partial charge in [0, 0.05) is 25.8 Å². The lowest BCUT2D eigenvalue weighted by molar-refractivity contribution is -0.140. The van der Waals surface area contributed by atoms with Crippen molar-refractivity contribution in [2.24, 2.45) is 5.92 Å². The van der Waals surface area contributed by atoms with Crippen LogP contribution in [0.2, 0.25) is 0 Å². The van der Waals surface area contributed by atoms with Gasteiger partial charge in [-0.3, -0.25) is 9.59 Å². The van der Waals surface area contributed by atoms with Crippen LogP contribution in [0.3, 0.4) is 0 Å². The Morgan fingerprint density at radius 2 is 1.70 bits per heavy atom. The van der Waals surface area contributed by atoms with Gasteiger partial charge < -0.3 is 24.2 Å². The van der Waals surface area contributed by atoms with Crippen molar-refractivity contribution >= 4 is 17.4 Å². The Morgan fingerprint density at radius 3 is 2.35 bits per heavy atom. The number of likely N-dealkylation sites (tertiary alicyclic amines) is 1. The van der Waals surface area contributed by atoms with Crippen LogP contribution in [-0.2, 0) is 20.9 Å². The van der Waals surface area contributed by atoms with Crippen molar-refractivity contribution < 1.29 is 28.9 Å². The summed E-state index contributed by atoms with van der Waals surface area (Å²) in [5.41, 5.74) is 3.11. The van der Waals surface area contributed by atoms with Gasteiger partial charge in [0.25, 0.3) is 11.7 Å². The van der Waals surface area contributed by atoms with Crippen molar-refractivity contribution in [3.8, 4) is 11.5 Å². The van der Waals surface area contributed by atoms with Crippen molar-refractivity contribution in [1.82, 2.24) is 4.90 Å². The number of methoxy groups -OCH3 is 1. The van der Waals surface area contributed by atoms with Crippen LogP contribution in [0.4, 0.5) is 0 Å². The van der Waals surface area contributed by atoms with Gasteiger partial charge in [0.2, 0.25) is 0 Å². The maximum Gasteiger partial charge on any atom is 0.295 e. The van der Waals surface area contributed by atoms with Gasteiger partial charge in [-0.05, 0) is 66.3 Å². The van der Waals surface area contributed by atoms with Gasteiger partial charge in [0.1, 0.15) is 23.9 Å². The number of Topliss-reactive ketones (excluding diaryl/α,β-unsaturated/α-hetero) is 1. The van der Waals surface area contributed by atoms with Crippen LogP contribution in [0.15, 0.2) is 78.4 Å². The van der Waals surface area contributed by atoms with E-state index in [2.05, 4.69) is 13.8 Å². The number of ether oxygens (including phenoxy) is 3. The lowest BCUT2D eigenvalue weighted by Crippen LogP contribution is -2.31. The fourth-order valence-corrected chi connectivity index (χ4v) is 4.69. The number of ketones is 1. The van der Waals surface area contributed by atoms with E-state index in [9.17, 15) is 14.7 Å². The maximum atomic E-state index is 13.3. The van der Waals surface area contributed by atoms with E-state index in [1.165, 1.54) is 4.90 Å². The topological polar surface area (TPSA) is 85.3 Å². The number of nitrogens with zero attached hydrogens (tertiary/aromatic N) is 1. The average Bonchev–Trinajstić information content (AvgIpc) is 3.21. The van der Waals surface area contributed by atoms with Crippen molar-refractivity contribution in [2.75, 3.05) is 26.9 Å². The van der Waals surface area contributed by atoms with Crippen LogP contribution in [0.5, 0.6) is 11.5 Å². The Bertz CT molecular complexity index is 1350. The summed E-state index contributed by atoms with van der Waals surface area (Å²) in [6.45, 7) is 7.79. The van der Waals surface area contributed by atoms with E-state index < -0.39 is 17.7 Å². The monoisotopic (exact) mass is 543 g/mol. The van der Waals surface area contributed by atoms with Gasteiger partial charge in [-0.2, -0.15) is 0 Å². The minimum Gasteiger partial charge on any atom is -0.507 e. The molecule has 1 unspecified atom stereocenters. The molecule has 0 saturated carbocycles. The van der Waals surface area contributed by atoms with Crippen molar-refractivity contribution in [3.63, 3.8) is 0 Å². The number of rotatable bonds is 12. The molecule has 1 saturated heterocycles. The largest absolute Gasteiger partial charge is 0.507 e. The third kappa shape index (κ3) is 6.72. The second kappa shape index (κ2) is 13.3. The maximum absolute atomic E-state index is 13.3. The van der Waals surface area contributed by atoms with Gasteiger partial charge in [-0.25, -0.2) is 0 Å². The number of hydrogen-bond acceptors (Lipinski definition) is 6. The van der Waals surface area contributed by atoms with E-state index in [0.717, 1.165) is 11.1 Å². The number of aryl methyl sites for hydroxylation is 1. The molecule has 0 aromatic heterocycles. The summed E-state index contributed by atoms with van der Waals surface area (Å²) in [4.78, 5) is 28.0. The summed E-state index contributed by atoms with van der Waals surface area (Å²) >= 11 is 0. The highest BCUT2D eigenvalue weighted by Gasteiger charge is 2.45. The molecule has 0 radical (unpaired) electrons. The van der Waals surface area contributed by atoms with Gasteiger partial charge in [0.15, 0.2) is 0 Å². The minimum absolute atomic E-state index is 0.0654. The second-order valence-electron chi connectivity index (χ2n) is 10.4. The number of aliphatic hydroxyl groups excluding tert-OH is 1. The summed E-state index contributed by atoms with van der Waals surface area (Å²) in [5.74, 6) is 0.199. The van der Waals surface area contributed by atoms with Crippen molar-refractivity contribution in [1.29, 1.82) is 0 Å². The van der Waals surface area contributed by atoms with Crippen LogP contribution in [0.1, 0.15) is 48.6 Å². The molecule has 7 heteroatoms. The van der Waals surface area contributed by atoms with E-state index >= 15 is 0 Å². The molecule has 0 bridgehead atoms. The SMILES string of the molecule is COCCCN1C(=O)C(=O)/C(=C(\O)c2ccc(OCC(C)C)c(C)c2)C1c1ccc(OCc2ccccc2)cc1. The van der Waals surface area contributed by atoms with Crippen LogP contribution >= 0.6 is 0 Å². The zero-order chi connectivity index (χ0) is 28.6. The zero-order valence-corrected chi connectivity index (χ0v) is 23.6. The molecule has 40 heavy (non-hydrogen) atoms. The molecular weight excluding hydrogens is 506 g/mol. The van der Waals surface area contributed by atoms with E-state index in [4.69, 9.17) is 14.2 Å². The number of hydrogen-bond donors (Lipinski definition) is 1. The highest BCUT2D eigenvalue weighted by Crippen LogP contribution is 2.40. The molecule has 1 atom stereocenters. The normalized spacial score (nSPS) is 16.5. The van der Waals surface area contributed by atoms with E-state index in [1.54, 1.807) is 25.3 Å². The number of carbonyl (C=O) groups is 2. The highest BCUT2D eigenvalue weighted by atomic mass is 16.5. The van der Waals surface area contributed by atoms with Gasteiger partial charge >= 0.3 is 0 Å². The van der Waals surface area contributed by atoms with Gasteiger partial charge in [0.05, 0.1) is 18.2 Å². The van der Waals surface area contributed by atoms with E-state index in [0.29, 0.717) is 61.3 Å². The molecule has 7 nitrogen and oxygen atoms in total. The van der Waals surface area contributed by atoms with Gasteiger partial charge in [-0.15, -0.1) is 0 Å². The van der Waals surface area contributed by atoms with Crippen LogP contribution in [0, 0.1) is 12.8 Å². The molecule has 3 aromatic rings. The molecule has 210 valence electrons. The number of aliphatic hydroxyl groups is 1. The smallest absolute Gasteiger partial charge is 0.295 e. The minimum atomic E-state index is -0.739. The summed E-state index contributed by atoms with van der Waals surface area (Å²) in [7, 11) is 1.59. The molecule has 1 amide bonds. The Hall–Kier alpha value is -4.10. The van der Waals surface area contributed by atoms with Crippen LogP contribution in [0.25, 0.3) is 5.76 Å². The summed E-state index contributed by atoms with van der Waals surface area (Å²) in [5, 5.41) is 11.4. The Balaban J connectivity index is 1.66. The predicted molar refractivity (Wildman–Crippen MR) is 154 cm³/mol. The number of benzene rings is 3. The quantitative estimate of drug-likeness (QED) is 0.129. The first-order valence-corrected chi connectivity index (χ1v) is 13.6. The van der Waals surface area contributed by atoms with Crippen LogP contribution < -0.4 is 9.47 Å². The lowest BCUT2D eigenvalue weighted by Gasteiger charge is -2.25. The summed E-state index contributed by atoms with van der Waals surface area (Å²) in [6, 6.07) is 21.7. The summed E-state index contributed by atoms with van der Waals surface area (Å²) in [6.07, 6.45) is 0.555. The Morgan fingerprint density at radius 1 is 0.975 bits per heavy atom. The van der Waals surface area contributed by atoms with E-state index in [-0.39, 0.29) is 11.3 Å². The fraction of sp³-hybridized carbons (Fsp3) is 0.333. The zero-order valence-electron chi connectivity index (χ0n) is 23.6. The molecule has 1 fully saturated rings. The molecule has 0 spiro atoms. The molecular formula is C33H37NO6. The highest BCUT2D eigenvalue weighted by molar-refractivity contribution is 6.46. The second-order valence-corrected chi connectivity index (χ2v) is 10.4. The molecule has 1 N–H and O–H groups in total. The Labute approximate surface area is 236 Å². The standard InChI is InChI=1S/C33H37NO6/c1-22(2)20-40-28-16-13-26(19-23(28)3)31(35)29-30(34(17-8-18-38-4)33(37)32(29)36)25-11-14-27(15-12-25)39-21-24-9-6-5-7-10-24/h5-7,9-16,19,22,30,35H,8,17-18,20-21H2,1-4H3/b31-29-. The fourth-order valence-electron chi connectivity index (χ4n) is 4.69. The first kappa shape index (κ1) is 28.9. The lowest BCUT2D eigenvalue weighted by atomic mass is 9.94. The van der Waals surface area contributed by atoms with Crippen molar-refractivity contribution in [3.05, 3.63) is 101 Å². The number of carbonyl (C=O) groups excluding carboxylic acids is 2. The molecule has 3 aromatic carbocycles. The van der Waals surface area contributed by atoms with Crippen LogP contribution in [-0.4, -0.2) is 48.6 Å². The number of amides is 1. The van der Waals surface area contributed by atoms with Gasteiger partial charge in [-0.1, -0.05) is 56.3 Å². The Kier molecular flexibility index (Phi) is 9.61. The molecule has 0 aliphatic carbocycles. The summed E-state index contributed by atoms with van der Waals surface area (Å²) < 4.78 is 17.0. The van der Waals surface area contributed by atoms with E-state index in [1.807, 2.05) is 61.5 Å². The molecule has 1 heterocycles. The third-order valence-corrected chi connectivity index (χ3v) is 6.75. The first-order chi connectivity index (χ1) is 19.3. The first-order valence-electron chi connectivity index (χ1n) is 13.6. The average molecular weight is 544 g/mol. The third-order valence-electron chi connectivity index (χ3n) is 6.75. The molecule has 4 rings (SSSR count). The molecule has 1 aliphatic rings. The predicted octanol–water partition coefficient (Wildman–Crippen LogP) is 6.07. The van der Waals surface area contributed by atoms with Crippen molar-refractivity contribution in [2.45, 2.75) is 39.8 Å².